The Bertz CT molecular complexity index is 1840. The molecule has 3 fully saturated rings. The highest BCUT2D eigenvalue weighted by Crippen LogP contribution is 2.39. The van der Waals surface area contributed by atoms with Crippen molar-refractivity contribution >= 4 is 33.0 Å². The molecular weight excluding hydrogens is 606 g/mol. The fourth-order valence-corrected chi connectivity index (χ4v) is 8.08. The summed E-state index contributed by atoms with van der Waals surface area (Å²) in [5, 5.41) is 7.58. The normalized spacial score (nSPS) is 23.8. The van der Waals surface area contributed by atoms with Crippen LogP contribution in [0.1, 0.15) is 70.4 Å². The van der Waals surface area contributed by atoms with E-state index in [2.05, 4.69) is 38.8 Å². The smallest absolute Gasteiger partial charge is 0.365 e. The molecule has 46 heavy (non-hydrogen) atoms. The van der Waals surface area contributed by atoms with E-state index in [0.29, 0.717) is 42.9 Å². The van der Waals surface area contributed by atoms with Crippen LogP contribution < -0.4 is 16.0 Å². The van der Waals surface area contributed by atoms with Gasteiger partial charge in [0.2, 0.25) is 27.6 Å². The molecule has 1 saturated heterocycles. The summed E-state index contributed by atoms with van der Waals surface area (Å²) in [6.45, 7) is 6.40. The molecule has 0 spiro atoms. The maximum Gasteiger partial charge on any atom is 0.439 e. The first-order valence-corrected chi connectivity index (χ1v) is 18.4. The largest absolute Gasteiger partial charge is 0.439 e. The van der Waals surface area contributed by atoms with Crippen molar-refractivity contribution in [2.24, 2.45) is 17.8 Å². The monoisotopic (exact) mass is 649 g/mol. The minimum Gasteiger partial charge on any atom is -0.365 e. The first kappa shape index (κ1) is 30.9. The predicted molar refractivity (Wildman–Crippen MR) is 176 cm³/mol. The van der Waals surface area contributed by atoms with Gasteiger partial charge >= 0.3 is 5.76 Å². The summed E-state index contributed by atoms with van der Waals surface area (Å²) in [6.07, 6.45) is 9.47. The van der Waals surface area contributed by atoms with Crippen LogP contribution in [0.5, 0.6) is 0 Å². The van der Waals surface area contributed by atoms with E-state index in [0.717, 1.165) is 42.3 Å². The molecule has 2 saturated carbocycles. The lowest BCUT2D eigenvalue weighted by atomic mass is 9.80. The summed E-state index contributed by atoms with van der Waals surface area (Å²) in [5.74, 6) is 2.82. The van der Waals surface area contributed by atoms with E-state index in [9.17, 15) is 13.2 Å². The Morgan fingerprint density at radius 2 is 1.80 bits per heavy atom. The molecular formula is C32H43N9O4S. The summed E-state index contributed by atoms with van der Waals surface area (Å²) >= 11 is 0. The Hall–Kier alpha value is -3.78. The van der Waals surface area contributed by atoms with Gasteiger partial charge in [0.15, 0.2) is 11.5 Å². The highest BCUT2D eigenvalue weighted by Gasteiger charge is 2.37. The standard InChI is InChI=1S/C32H43N9O4S/c1-20-12-14-22(15-13-20)18-41-26-27(33-21(2)23-10-7-11-23)34-29(30-37-32(42)45-38-30)35-28(26)36-31(41)40-17-16-39(46(3,43)44)19-25(40)24-8-5-4-6-9-24/h4-6,8-9,20-23,25H,7,10-19H2,1-3H3,(H,33,34,35)(H,37,38,42)/t20?,21-,22?,25+/m1/s1. The number of nitrogens with one attached hydrogen (secondary N) is 2. The van der Waals surface area contributed by atoms with E-state index in [4.69, 9.17) is 19.5 Å². The zero-order valence-corrected chi connectivity index (χ0v) is 27.5. The number of H-pyrrole nitrogens is 1. The van der Waals surface area contributed by atoms with Gasteiger partial charge in [-0.05, 0) is 55.9 Å². The molecule has 13 nitrogen and oxygen atoms in total. The number of sulfonamides is 1. The molecule has 4 aromatic rings. The van der Waals surface area contributed by atoms with Crippen molar-refractivity contribution in [3.05, 3.63) is 46.4 Å². The summed E-state index contributed by atoms with van der Waals surface area (Å²) in [5.41, 5.74) is 2.32. The highest BCUT2D eigenvalue weighted by atomic mass is 32.2. The molecule has 3 aromatic heterocycles. The first-order chi connectivity index (χ1) is 22.1. The van der Waals surface area contributed by atoms with Gasteiger partial charge in [-0.3, -0.25) is 9.51 Å². The second-order valence-electron chi connectivity index (χ2n) is 13.5. The van der Waals surface area contributed by atoms with Crippen molar-refractivity contribution in [3.63, 3.8) is 0 Å². The average molecular weight is 650 g/mol. The van der Waals surface area contributed by atoms with Crippen LogP contribution in [-0.4, -0.2) is 74.3 Å². The predicted octanol–water partition coefficient (Wildman–Crippen LogP) is 4.42. The van der Waals surface area contributed by atoms with Crippen molar-refractivity contribution in [1.29, 1.82) is 0 Å². The molecule has 2 N–H and O–H groups in total. The number of benzene rings is 1. The van der Waals surface area contributed by atoms with Crippen molar-refractivity contribution in [2.75, 3.05) is 36.1 Å². The van der Waals surface area contributed by atoms with Gasteiger partial charge in [-0.25, -0.2) is 23.2 Å². The van der Waals surface area contributed by atoms with Gasteiger partial charge in [0.05, 0.1) is 12.3 Å². The Kier molecular flexibility index (Phi) is 8.34. The number of imidazole rings is 1. The number of hydrogen-bond donors (Lipinski definition) is 2. The minimum atomic E-state index is -3.39. The zero-order valence-electron chi connectivity index (χ0n) is 26.7. The molecule has 0 radical (unpaired) electrons. The minimum absolute atomic E-state index is 0.146. The summed E-state index contributed by atoms with van der Waals surface area (Å²) < 4.78 is 34.1. The van der Waals surface area contributed by atoms with Gasteiger partial charge in [0.25, 0.3) is 0 Å². The molecule has 0 amide bonds. The van der Waals surface area contributed by atoms with Gasteiger partial charge in [-0.1, -0.05) is 61.7 Å². The Morgan fingerprint density at radius 3 is 2.46 bits per heavy atom. The van der Waals surface area contributed by atoms with Gasteiger partial charge in [-0.2, -0.15) is 9.29 Å². The first-order valence-electron chi connectivity index (χ1n) is 16.5. The number of fused-ring (bicyclic) bond motifs is 1. The van der Waals surface area contributed by atoms with Crippen molar-refractivity contribution in [1.82, 2.24) is 34.0 Å². The number of nitrogens with zero attached hydrogens (tertiary/aromatic N) is 7. The van der Waals surface area contributed by atoms with E-state index >= 15 is 0 Å². The average Bonchev–Trinajstić information content (AvgIpc) is 3.60. The number of rotatable bonds is 9. The topological polar surface area (TPSA) is 155 Å². The number of anilines is 2. The van der Waals surface area contributed by atoms with E-state index in [1.54, 1.807) is 4.31 Å². The van der Waals surface area contributed by atoms with Gasteiger partial charge < -0.3 is 14.8 Å². The maximum absolute atomic E-state index is 12.7. The van der Waals surface area contributed by atoms with E-state index in [1.165, 1.54) is 38.4 Å². The third-order valence-corrected chi connectivity index (χ3v) is 11.6. The molecule has 1 aromatic carbocycles. The third kappa shape index (κ3) is 6.16. The maximum atomic E-state index is 12.7. The fourth-order valence-electron chi connectivity index (χ4n) is 7.25. The Balaban J connectivity index is 1.39. The molecule has 2 aliphatic carbocycles. The van der Waals surface area contributed by atoms with Crippen molar-refractivity contribution < 1.29 is 12.9 Å². The van der Waals surface area contributed by atoms with E-state index in [1.807, 2.05) is 30.3 Å². The lowest BCUT2D eigenvalue weighted by molar-refractivity contribution is 0.265. The molecule has 14 heteroatoms. The molecule has 1 aliphatic heterocycles. The molecule has 7 rings (SSSR count). The van der Waals surface area contributed by atoms with Crippen LogP contribution in [0.4, 0.5) is 11.8 Å². The highest BCUT2D eigenvalue weighted by molar-refractivity contribution is 7.88. The van der Waals surface area contributed by atoms with E-state index < -0.39 is 15.8 Å². The Labute approximate surface area is 268 Å². The SMILES string of the molecule is CC1CCC(Cn2c(N3CCN(S(C)(=O)=O)C[C@H]3c3ccccc3)nc3nc(-c4noc(=O)[nH]4)nc(N[C@H](C)C4CCC4)c32)CC1. The fraction of sp³-hybridized carbons (Fsp3) is 0.594. The molecule has 4 heterocycles. The molecule has 0 bridgehead atoms. The van der Waals surface area contributed by atoms with Gasteiger partial charge in [0.1, 0.15) is 5.52 Å². The zero-order chi connectivity index (χ0) is 32.0. The third-order valence-electron chi connectivity index (χ3n) is 10.3. The lowest BCUT2D eigenvalue weighted by Crippen LogP contribution is -2.51. The number of piperazine rings is 1. The Morgan fingerprint density at radius 1 is 1.04 bits per heavy atom. The van der Waals surface area contributed by atoms with Crippen LogP contribution in [-0.2, 0) is 16.6 Å². The van der Waals surface area contributed by atoms with Crippen LogP contribution >= 0.6 is 0 Å². The van der Waals surface area contributed by atoms with Crippen LogP contribution in [0.3, 0.4) is 0 Å². The number of aromatic nitrogens is 6. The lowest BCUT2D eigenvalue weighted by Gasteiger charge is -2.41. The van der Waals surface area contributed by atoms with Crippen molar-refractivity contribution in [2.45, 2.75) is 77.4 Å². The molecule has 0 unspecified atom stereocenters. The second kappa shape index (κ2) is 12.4. The molecule has 246 valence electrons. The van der Waals surface area contributed by atoms with Gasteiger partial charge in [-0.15, -0.1) is 0 Å². The number of aromatic amines is 1. The molecule has 2 atom stereocenters. The molecule has 3 aliphatic rings. The summed E-state index contributed by atoms with van der Waals surface area (Å²) in [4.78, 5) is 31.7. The van der Waals surface area contributed by atoms with Crippen LogP contribution in [0, 0.1) is 17.8 Å². The van der Waals surface area contributed by atoms with Crippen LogP contribution in [0.2, 0.25) is 0 Å². The quantitative estimate of drug-likeness (QED) is 0.266. The summed E-state index contributed by atoms with van der Waals surface area (Å²) in [7, 11) is -3.39. The summed E-state index contributed by atoms with van der Waals surface area (Å²) in [6, 6.07) is 9.95. The number of hydrogen-bond acceptors (Lipinski definition) is 10. The van der Waals surface area contributed by atoms with Crippen molar-refractivity contribution in [3.8, 4) is 11.6 Å². The second-order valence-corrected chi connectivity index (χ2v) is 15.5. The van der Waals surface area contributed by atoms with Crippen LogP contribution in [0.15, 0.2) is 39.6 Å². The van der Waals surface area contributed by atoms with E-state index in [-0.39, 0.29) is 23.7 Å². The van der Waals surface area contributed by atoms with Gasteiger partial charge in [0, 0.05) is 32.2 Å². The van der Waals surface area contributed by atoms with Crippen LogP contribution in [0.25, 0.3) is 22.8 Å².